The molecule has 0 aliphatic rings. The molecule has 19 heavy (non-hydrogen) atoms. The Bertz CT molecular complexity index is 565. The molecule has 2 nitrogen and oxygen atoms in total. The highest BCUT2D eigenvalue weighted by Gasteiger charge is 2.02. The van der Waals surface area contributed by atoms with E-state index in [1.807, 2.05) is 24.3 Å². The van der Waals surface area contributed by atoms with Gasteiger partial charge in [-0.15, -0.1) is 0 Å². The van der Waals surface area contributed by atoms with Crippen molar-refractivity contribution >= 4 is 33.2 Å². The molecule has 0 heterocycles. The summed E-state index contributed by atoms with van der Waals surface area (Å²) in [4.78, 5) is 0. The predicted octanol–water partition coefficient (Wildman–Crippen LogP) is 4.73. The van der Waals surface area contributed by atoms with Gasteiger partial charge in [0.15, 0.2) is 0 Å². The summed E-state index contributed by atoms with van der Waals surface area (Å²) < 4.78 is 19.4. The standard InChI is InChI=1S/C14H12BrClFNO/c15-11-3-1-2-4-14(11)18-7-8-19-10-5-6-13(17)12(16)9-10/h1-6,9,18H,7-8H2. The molecule has 2 aromatic rings. The maximum absolute atomic E-state index is 12.9. The van der Waals surface area contributed by atoms with Crippen LogP contribution in [0, 0.1) is 5.82 Å². The highest BCUT2D eigenvalue weighted by molar-refractivity contribution is 9.10. The molecule has 2 rings (SSSR count). The molecular formula is C14H12BrClFNO. The number of anilines is 1. The highest BCUT2D eigenvalue weighted by atomic mass is 79.9. The third kappa shape index (κ3) is 4.11. The number of hydrogen-bond donors (Lipinski definition) is 1. The van der Waals surface area contributed by atoms with Gasteiger partial charge in [-0.3, -0.25) is 0 Å². The van der Waals surface area contributed by atoms with Gasteiger partial charge in [0.05, 0.1) is 5.02 Å². The van der Waals surface area contributed by atoms with Crippen molar-refractivity contribution in [1.29, 1.82) is 0 Å². The molecule has 100 valence electrons. The lowest BCUT2D eigenvalue weighted by molar-refractivity contribution is 0.332. The molecule has 0 fully saturated rings. The Morgan fingerprint density at radius 1 is 1.21 bits per heavy atom. The summed E-state index contributed by atoms with van der Waals surface area (Å²) >= 11 is 9.11. The molecular weight excluding hydrogens is 333 g/mol. The van der Waals surface area contributed by atoms with Crippen LogP contribution in [0.3, 0.4) is 0 Å². The molecule has 0 spiro atoms. The van der Waals surface area contributed by atoms with E-state index < -0.39 is 5.82 Å². The van der Waals surface area contributed by atoms with Gasteiger partial charge >= 0.3 is 0 Å². The van der Waals surface area contributed by atoms with Crippen LogP contribution < -0.4 is 10.1 Å². The van der Waals surface area contributed by atoms with E-state index in [1.165, 1.54) is 12.1 Å². The Morgan fingerprint density at radius 2 is 2.00 bits per heavy atom. The number of ether oxygens (including phenoxy) is 1. The molecule has 0 atom stereocenters. The van der Waals surface area contributed by atoms with E-state index in [-0.39, 0.29) is 5.02 Å². The largest absolute Gasteiger partial charge is 0.492 e. The second-order valence-corrected chi connectivity index (χ2v) is 5.09. The molecule has 2 aromatic carbocycles. The van der Waals surface area contributed by atoms with Crippen molar-refractivity contribution in [1.82, 2.24) is 0 Å². The summed E-state index contributed by atoms with van der Waals surface area (Å²) in [5.41, 5.74) is 1.00. The maximum Gasteiger partial charge on any atom is 0.142 e. The molecule has 0 aromatic heterocycles. The lowest BCUT2D eigenvalue weighted by Crippen LogP contribution is -2.11. The Balaban J connectivity index is 1.81. The Morgan fingerprint density at radius 3 is 2.74 bits per heavy atom. The zero-order chi connectivity index (χ0) is 13.7. The third-order valence-electron chi connectivity index (χ3n) is 2.45. The molecule has 0 aliphatic heterocycles. The number of rotatable bonds is 5. The number of para-hydroxylation sites is 1. The van der Waals surface area contributed by atoms with Crippen LogP contribution in [0.15, 0.2) is 46.9 Å². The van der Waals surface area contributed by atoms with Crippen molar-refractivity contribution in [2.75, 3.05) is 18.5 Å². The van der Waals surface area contributed by atoms with Gasteiger partial charge in [0, 0.05) is 22.8 Å². The van der Waals surface area contributed by atoms with Crippen LogP contribution in [0.1, 0.15) is 0 Å². The van der Waals surface area contributed by atoms with Crippen LogP contribution in [-0.4, -0.2) is 13.2 Å². The van der Waals surface area contributed by atoms with Crippen molar-refractivity contribution in [3.05, 3.63) is 57.8 Å². The van der Waals surface area contributed by atoms with Crippen LogP contribution in [-0.2, 0) is 0 Å². The SMILES string of the molecule is Fc1ccc(OCCNc2ccccc2Br)cc1Cl. The molecule has 0 radical (unpaired) electrons. The zero-order valence-electron chi connectivity index (χ0n) is 10.00. The third-order valence-corrected chi connectivity index (χ3v) is 3.43. The quantitative estimate of drug-likeness (QED) is 0.792. The summed E-state index contributed by atoms with van der Waals surface area (Å²) in [6.07, 6.45) is 0. The molecule has 0 amide bonds. The number of hydrogen-bond acceptors (Lipinski definition) is 2. The van der Waals surface area contributed by atoms with Crippen molar-refractivity contribution in [3.8, 4) is 5.75 Å². The molecule has 0 saturated carbocycles. The fourth-order valence-electron chi connectivity index (χ4n) is 1.53. The van der Waals surface area contributed by atoms with E-state index in [4.69, 9.17) is 16.3 Å². The Labute approximate surface area is 124 Å². The molecule has 0 bridgehead atoms. The topological polar surface area (TPSA) is 21.3 Å². The molecule has 0 aliphatic carbocycles. The van der Waals surface area contributed by atoms with Crippen LogP contribution in [0.25, 0.3) is 0 Å². The van der Waals surface area contributed by atoms with Gasteiger partial charge in [-0.2, -0.15) is 0 Å². The van der Waals surface area contributed by atoms with Crippen LogP contribution >= 0.6 is 27.5 Å². The van der Waals surface area contributed by atoms with Gasteiger partial charge in [-0.05, 0) is 40.2 Å². The van der Waals surface area contributed by atoms with Crippen LogP contribution in [0.5, 0.6) is 5.75 Å². The van der Waals surface area contributed by atoms with E-state index in [9.17, 15) is 4.39 Å². The highest BCUT2D eigenvalue weighted by Crippen LogP contribution is 2.22. The Kier molecular flexibility index (Phi) is 5.05. The minimum atomic E-state index is -0.444. The number of nitrogens with one attached hydrogen (secondary N) is 1. The lowest BCUT2D eigenvalue weighted by atomic mass is 10.3. The van der Waals surface area contributed by atoms with Gasteiger partial charge in [0.1, 0.15) is 18.2 Å². The zero-order valence-corrected chi connectivity index (χ0v) is 12.3. The summed E-state index contributed by atoms with van der Waals surface area (Å²) in [6.45, 7) is 1.10. The van der Waals surface area contributed by atoms with Gasteiger partial charge in [0.2, 0.25) is 0 Å². The second kappa shape index (κ2) is 6.78. The minimum Gasteiger partial charge on any atom is -0.492 e. The molecule has 0 saturated heterocycles. The molecule has 1 N–H and O–H groups in total. The van der Waals surface area contributed by atoms with E-state index >= 15 is 0 Å². The van der Waals surface area contributed by atoms with Crippen molar-refractivity contribution < 1.29 is 9.13 Å². The fourth-order valence-corrected chi connectivity index (χ4v) is 2.12. The smallest absolute Gasteiger partial charge is 0.142 e. The number of benzene rings is 2. The first-order valence-corrected chi connectivity index (χ1v) is 6.90. The van der Waals surface area contributed by atoms with Gasteiger partial charge in [0.25, 0.3) is 0 Å². The average Bonchev–Trinajstić information content (AvgIpc) is 2.40. The maximum atomic E-state index is 12.9. The van der Waals surface area contributed by atoms with E-state index in [1.54, 1.807) is 6.07 Å². The Hall–Kier alpha value is -1.26. The van der Waals surface area contributed by atoms with E-state index in [0.29, 0.717) is 18.9 Å². The van der Waals surface area contributed by atoms with Gasteiger partial charge in [-0.1, -0.05) is 23.7 Å². The van der Waals surface area contributed by atoms with Gasteiger partial charge in [-0.25, -0.2) is 4.39 Å². The molecule has 0 unspecified atom stereocenters. The molecule has 5 heteroatoms. The first kappa shape index (κ1) is 14.2. The van der Waals surface area contributed by atoms with Gasteiger partial charge < -0.3 is 10.1 Å². The fraction of sp³-hybridized carbons (Fsp3) is 0.143. The number of halogens is 3. The lowest BCUT2D eigenvalue weighted by Gasteiger charge is -2.10. The van der Waals surface area contributed by atoms with Crippen molar-refractivity contribution in [3.63, 3.8) is 0 Å². The summed E-state index contributed by atoms with van der Waals surface area (Å²) in [6, 6.07) is 12.1. The summed E-state index contributed by atoms with van der Waals surface area (Å²) in [7, 11) is 0. The summed E-state index contributed by atoms with van der Waals surface area (Å²) in [5, 5.41) is 3.30. The summed E-state index contributed by atoms with van der Waals surface area (Å²) in [5.74, 6) is 0.112. The normalized spacial score (nSPS) is 10.3. The first-order chi connectivity index (χ1) is 9.16. The monoisotopic (exact) mass is 343 g/mol. The van der Waals surface area contributed by atoms with Crippen LogP contribution in [0.4, 0.5) is 10.1 Å². The van der Waals surface area contributed by atoms with Crippen molar-refractivity contribution in [2.24, 2.45) is 0 Å². The minimum absolute atomic E-state index is 0.0660. The first-order valence-electron chi connectivity index (χ1n) is 5.73. The van der Waals surface area contributed by atoms with Crippen molar-refractivity contribution in [2.45, 2.75) is 0 Å². The predicted molar refractivity (Wildman–Crippen MR) is 79.5 cm³/mol. The second-order valence-electron chi connectivity index (χ2n) is 3.83. The average molecular weight is 345 g/mol. The van der Waals surface area contributed by atoms with E-state index in [2.05, 4.69) is 21.2 Å². The van der Waals surface area contributed by atoms with E-state index in [0.717, 1.165) is 10.2 Å². The van der Waals surface area contributed by atoms with Crippen LogP contribution in [0.2, 0.25) is 5.02 Å².